The van der Waals surface area contributed by atoms with Crippen LogP contribution in [0.4, 0.5) is 20.3 Å². The van der Waals surface area contributed by atoms with Crippen LogP contribution in [0.15, 0.2) is 31.0 Å². The zero-order valence-electron chi connectivity index (χ0n) is 10.7. The van der Waals surface area contributed by atoms with Crippen LogP contribution in [0.25, 0.3) is 5.57 Å². The highest BCUT2D eigenvalue weighted by Gasteiger charge is 2.24. The van der Waals surface area contributed by atoms with Crippen LogP contribution in [0, 0.1) is 11.6 Å². The van der Waals surface area contributed by atoms with E-state index >= 15 is 0 Å². The number of rotatable bonds is 3. The van der Waals surface area contributed by atoms with Crippen molar-refractivity contribution in [3.05, 3.63) is 58.8 Å². The highest BCUT2D eigenvalue weighted by Crippen LogP contribution is 2.28. The van der Waals surface area contributed by atoms with Gasteiger partial charge in [-0.2, -0.15) is 0 Å². The maximum Gasteiger partial charge on any atom is 0.199 e. The second-order valence-electron chi connectivity index (χ2n) is 4.22. The summed E-state index contributed by atoms with van der Waals surface area (Å²) in [5.74, 6) is -3.19. The Balaban J connectivity index is 2.53. The molecule has 0 fully saturated rings. The average Bonchev–Trinajstić information content (AvgIpc) is 2.45. The molecule has 2 aromatic rings. The third-order valence-electron chi connectivity index (χ3n) is 2.83. The quantitative estimate of drug-likeness (QED) is 0.518. The zero-order chi connectivity index (χ0) is 15.7. The van der Waals surface area contributed by atoms with Crippen LogP contribution in [0.5, 0.6) is 0 Å². The monoisotopic (exact) mass is 309 g/mol. The number of Topliss-reactive ketones (excluding diaryl/α,β-unsaturated/α-hetero) is 1. The van der Waals surface area contributed by atoms with Crippen molar-refractivity contribution >= 4 is 34.5 Å². The summed E-state index contributed by atoms with van der Waals surface area (Å²) < 4.78 is 27.6. The maximum atomic E-state index is 13.9. The number of allylic oxidation sites excluding steroid dienone is 1. The number of benzene rings is 1. The molecule has 21 heavy (non-hydrogen) atoms. The number of halogens is 3. The van der Waals surface area contributed by atoms with Gasteiger partial charge in [-0.3, -0.25) is 4.79 Å². The van der Waals surface area contributed by atoms with Gasteiger partial charge < -0.3 is 11.5 Å². The molecule has 108 valence electrons. The number of nitrogens with two attached hydrogens (primary N) is 2. The van der Waals surface area contributed by atoms with Crippen molar-refractivity contribution in [3.8, 4) is 0 Å². The first-order valence-electron chi connectivity index (χ1n) is 5.71. The summed E-state index contributed by atoms with van der Waals surface area (Å²) in [6, 6.07) is 3.27. The van der Waals surface area contributed by atoms with Crippen molar-refractivity contribution in [2.75, 3.05) is 11.5 Å². The average molecular weight is 310 g/mol. The number of nitrogens with zero attached hydrogens (tertiary/aromatic N) is 1. The Hall–Kier alpha value is -2.47. The fourth-order valence-electron chi connectivity index (χ4n) is 1.74. The number of ketones is 1. The number of aromatic nitrogens is 1. The fourth-order valence-corrected chi connectivity index (χ4v) is 1.90. The van der Waals surface area contributed by atoms with E-state index in [4.69, 9.17) is 23.1 Å². The standard InChI is InChI=1S/C14H10ClF2N3O/c1-6(8-4-7(15)5-20-14(8)19)13(21)11-9(16)2-3-10(18)12(11)17/h2-5H,1,18H2,(H2,19,20). The van der Waals surface area contributed by atoms with Crippen LogP contribution in [0.1, 0.15) is 15.9 Å². The fraction of sp³-hybridized carbons (Fsp3) is 0. The largest absolute Gasteiger partial charge is 0.396 e. The molecule has 4 nitrogen and oxygen atoms in total. The van der Waals surface area contributed by atoms with Crippen molar-refractivity contribution in [1.82, 2.24) is 4.98 Å². The lowest BCUT2D eigenvalue weighted by Crippen LogP contribution is -2.11. The van der Waals surface area contributed by atoms with Crippen LogP contribution < -0.4 is 11.5 Å². The van der Waals surface area contributed by atoms with Gasteiger partial charge in [-0.1, -0.05) is 18.2 Å². The van der Waals surface area contributed by atoms with E-state index in [2.05, 4.69) is 11.6 Å². The summed E-state index contributed by atoms with van der Waals surface area (Å²) in [6.45, 7) is 3.51. The Morgan fingerprint density at radius 3 is 2.62 bits per heavy atom. The molecule has 0 saturated carbocycles. The van der Waals surface area contributed by atoms with Gasteiger partial charge in [0.05, 0.1) is 16.3 Å². The summed E-state index contributed by atoms with van der Waals surface area (Å²) in [5, 5.41) is 0.210. The lowest BCUT2D eigenvalue weighted by molar-refractivity contribution is 0.104. The van der Waals surface area contributed by atoms with Crippen LogP contribution >= 0.6 is 11.6 Å². The van der Waals surface area contributed by atoms with E-state index in [9.17, 15) is 13.6 Å². The van der Waals surface area contributed by atoms with Gasteiger partial charge in [0.25, 0.3) is 0 Å². The van der Waals surface area contributed by atoms with E-state index in [1.165, 1.54) is 12.3 Å². The molecule has 2 rings (SSSR count). The molecule has 0 unspecified atom stereocenters. The lowest BCUT2D eigenvalue weighted by atomic mass is 9.97. The minimum Gasteiger partial charge on any atom is -0.396 e. The highest BCUT2D eigenvalue weighted by molar-refractivity contribution is 6.32. The molecule has 0 aliphatic heterocycles. The van der Waals surface area contributed by atoms with Crippen molar-refractivity contribution in [2.45, 2.75) is 0 Å². The molecule has 0 spiro atoms. The molecular weight excluding hydrogens is 300 g/mol. The minimum atomic E-state index is -1.14. The van der Waals surface area contributed by atoms with Crippen molar-refractivity contribution in [3.63, 3.8) is 0 Å². The maximum absolute atomic E-state index is 13.9. The predicted molar refractivity (Wildman–Crippen MR) is 77.8 cm³/mol. The highest BCUT2D eigenvalue weighted by atomic mass is 35.5. The summed E-state index contributed by atoms with van der Waals surface area (Å²) in [7, 11) is 0. The van der Waals surface area contributed by atoms with Gasteiger partial charge in [0.1, 0.15) is 11.6 Å². The molecule has 7 heteroatoms. The molecule has 0 amide bonds. The third-order valence-corrected chi connectivity index (χ3v) is 3.04. The number of carbonyl (C=O) groups is 1. The molecule has 0 aliphatic rings. The van der Waals surface area contributed by atoms with Gasteiger partial charge in [-0.05, 0) is 18.2 Å². The van der Waals surface area contributed by atoms with Gasteiger partial charge in [0, 0.05) is 17.3 Å². The molecule has 0 aliphatic carbocycles. The molecule has 4 N–H and O–H groups in total. The van der Waals surface area contributed by atoms with E-state index in [1.54, 1.807) is 0 Å². The Morgan fingerprint density at radius 2 is 1.95 bits per heavy atom. The summed E-state index contributed by atoms with van der Waals surface area (Å²) >= 11 is 5.76. The number of nitrogen functional groups attached to an aromatic ring is 2. The molecule has 0 radical (unpaired) electrons. The van der Waals surface area contributed by atoms with Crippen molar-refractivity contribution in [1.29, 1.82) is 0 Å². The zero-order valence-corrected chi connectivity index (χ0v) is 11.4. The van der Waals surface area contributed by atoms with Gasteiger partial charge >= 0.3 is 0 Å². The molecule has 0 atom stereocenters. The lowest BCUT2D eigenvalue weighted by Gasteiger charge is -2.10. The Morgan fingerprint density at radius 1 is 1.29 bits per heavy atom. The SMILES string of the molecule is C=C(C(=O)c1c(F)ccc(N)c1F)c1cc(Cl)cnc1N. The first kappa shape index (κ1) is 14.9. The third kappa shape index (κ3) is 2.71. The van der Waals surface area contributed by atoms with Crippen LogP contribution in [-0.2, 0) is 0 Å². The molecule has 1 aromatic heterocycles. The van der Waals surface area contributed by atoms with Crippen LogP contribution in [0.3, 0.4) is 0 Å². The number of carbonyl (C=O) groups excluding carboxylic acids is 1. The second-order valence-corrected chi connectivity index (χ2v) is 4.66. The molecule has 0 bridgehead atoms. The summed E-state index contributed by atoms with van der Waals surface area (Å²) in [6.07, 6.45) is 1.28. The van der Waals surface area contributed by atoms with Gasteiger partial charge in [-0.15, -0.1) is 0 Å². The van der Waals surface area contributed by atoms with Gasteiger partial charge in [0.2, 0.25) is 0 Å². The summed E-state index contributed by atoms with van der Waals surface area (Å²) in [5.41, 5.74) is 9.70. The van der Waals surface area contributed by atoms with E-state index in [0.29, 0.717) is 0 Å². The first-order valence-corrected chi connectivity index (χ1v) is 6.09. The summed E-state index contributed by atoms with van der Waals surface area (Å²) in [4.78, 5) is 16.0. The van der Waals surface area contributed by atoms with Gasteiger partial charge in [-0.25, -0.2) is 13.8 Å². The smallest absolute Gasteiger partial charge is 0.199 e. The minimum absolute atomic E-state index is 0.0255. The van der Waals surface area contributed by atoms with Gasteiger partial charge in [0.15, 0.2) is 11.6 Å². The Bertz CT molecular complexity index is 762. The Labute approximate surface area is 124 Å². The number of anilines is 2. The van der Waals surface area contributed by atoms with Crippen molar-refractivity contribution < 1.29 is 13.6 Å². The molecule has 1 aromatic carbocycles. The van der Waals surface area contributed by atoms with Crippen LogP contribution in [0.2, 0.25) is 5.02 Å². The number of hydrogen-bond donors (Lipinski definition) is 2. The topological polar surface area (TPSA) is 82.0 Å². The second kappa shape index (κ2) is 5.49. The van der Waals surface area contributed by atoms with E-state index < -0.39 is 23.0 Å². The van der Waals surface area contributed by atoms with Crippen LogP contribution in [-0.4, -0.2) is 10.8 Å². The molecule has 1 heterocycles. The number of pyridine rings is 1. The van der Waals surface area contributed by atoms with E-state index in [0.717, 1.165) is 12.1 Å². The Kier molecular flexibility index (Phi) is 3.90. The van der Waals surface area contributed by atoms with E-state index in [-0.39, 0.29) is 27.7 Å². The normalized spacial score (nSPS) is 10.4. The molecular formula is C14H10ClF2N3O. The molecule has 0 saturated heterocycles. The predicted octanol–water partition coefficient (Wildman–Crippen LogP) is 3.07. The number of hydrogen-bond acceptors (Lipinski definition) is 4. The first-order chi connectivity index (χ1) is 9.82. The van der Waals surface area contributed by atoms with E-state index in [1.807, 2.05) is 0 Å². The van der Waals surface area contributed by atoms with Crippen molar-refractivity contribution in [2.24, 2.45) is 0 Å².